The molecule has 1 aliphatic rings. The highest BCUT2D eigenvalue weighted by molar-refractivity contribution is 6.32. The fourth-order valence-electron chi connectivity index (χ4n) is 2.98. The maximum Gasteiger partial charge on any atom is 0.235 e. The number of hydrogen-bond donors (Lipinski definition) is 1. The number of carbonyl (C=O) groups is 1. The highest BCUT2D eigenvalue weighted by Gasteiger charge is 2.53. The molecule has 0 bridgehead atoms. The SMILES string of the molecule is CC(C)C[C@@H]1[C@H](O)C(C)(C)C(=O)N1c1ccc(C#N)c(Cl)c1. The molecule has 0 unspecified atom stereocenters. The lowest BCUT2D eigenvalue weighted by molar-refractivity contribution is -0.126. The summed E-state index contributed by atoms with van der Waals surface area (Å²) in [5.41, 5.74) is 0.168. The van der Waals surface area contributed by atoms with E-state index >= 15 is 0 Å². The van der Waals surface area contributed by atoms with Crippen LogP contribution in [0.1, 0.15) is 39.7 Å². The number of rotatable bonds is 3. The van der Waals surface area contributed by atoms with Gasteiger partial charge in [0.1, 0.15) is 6.07 Å². The first kappa shape index (κ1) is 16.8. The molecule has 5 heteroatoms. The first-order valence-electron chi connectivity index (χ1n) is 7.41. The molecule has 0 radical (unpaired) electrons. The third kappa shape index (κ3) is 2.71. The number of hydrogen-bond acceptors (Lipinski definition) is 3. The number of aliphatic hydroxyl groups is 1. The van der Waals surface area contributed by atoms with E-state index in [4.69, 9.17) is 16.9 Å². The van der Waals surface area contributed by atoms with Crippen LogP contribution in [0.5, 0.6) is 0 Å². The first-order chi connectivity index (χ1) is 10.2. The van der Waals surface area contributed by atoms with Crippen molar-refractivity contribution in [3.05, 3.63) is 28.8 Å². The van der Waals surface area contributed by atoms with Crippen molar-refractivity contribution >= 4 is 23.2 Å². The molecule has 1 aromatic carbocycles. The summed E-state index contributed by atoms with van der Waals surface area (Å²) >= 11 is 6.09. The zero-order valence-electron chi connectivity index (χ0n) is 13.3. The van der Waals surface area contributed by atoms with E-state index in [0.29, 0.717) is 28.6 Å². The predicted molar refractivity (Wildman–Crippen MR) is 86.7 cm³/mol. The molecule has 4 nitrogen and oxygen atoms in total. The Morgan fingerprint density at radius 3 is 2.59 bits per heavy atom. The molecule has 0 aromatic heterocycles. The van der Waals surface area contributed by atoms with E-state index in [0.717, 1.165) is 0 Å². The van der Waals surface area contributed by atoms with Gasteiger partial charge in [0.05, 0.1) is 28.1 Å². The van der Waals surface area contributed by atoms with Crippen molar-refractivity contribution in [2.75, 3.05) is 4.90 Å². The Bertz CT molecular complexity index is 634. The minimum absolute atomic E-state index is 0.119. The lowest BCUT2D eigenvalue weighted by atomic mass is 9.84. The van der Waals surface area contributed by atoms with Crippen LogP contribution >= 0.6 is 11.6 Å². The molecule has 1 heterocycles. The lowest BCUT2D eigenvalue weighted by Crippen LogP contribution is -2.38. The molecule has 1 saturated heterocycles. The molecular formula is C17H21ClN2O2. The molecule has 22 heavy (non-hydrogen) atoms. The zero-order valence-corrected chi connectivity index (χ0v) is 14.1. The zero-order chi connectivity index (χ0) is 16.7. The minimum atomic E-state index is -0.833. The number of amides is 1. The number of benzene rings is 1. The normalized spacial score (nSPS) is 23.9. The smallest absolute Gasteiger partial charge is 0.235 e. The Balaban J connectivity index is 2.48. The molecule has 118 valence electrons. The van der Waals surface area contributed by atoms with Gasteiger partial charge in [-0.1, -0.05) is 25.4 Å². The van der Waals surface area contributed by atoms with Gasteiger partial charge in [0.25, 0.3) is 0 Å². The summed E-state index contributed by atoms with van der Waals surface area (Å²) in [6, 6.07) is 6.67. The second kappa shape index (κ2) is 5.91. The molecule has 0 aliphatic carbocycles. The summed E-state index contributed by atoms with van der Waals surface area (Å²) in [7, 11) is 0. The van der Waals surface area contributed by atoms with Gasteiger partial charge in [0.15, 0.2) is 0 Å². The maximum absolute atomic E-state index is 12.8. The van der Waals surface area contributed by atoms with Gasteiger partial charge in [-0.05, 0) is 44.4 Å². The van der Waals surface area contributed by atoms with E-state index in [2.05, 4.69) is 13.8 Å². The van der Waals surface area contributed by atoms with Gasteiger partial charge < -0.3 is 10.0 Å². The number of carbonyl (C=O) groups excluding carboxylic acids is 1. The van der Waals surface area contributed by atoms with Crippen LogP contribution in [0.3, 0.4) is 0 Å². The summed E-state index contributed by atoms with van der Waals surface area (Å²) in [5.74, 6) is 0.226. The van der Waals surface area contributed by atoms with Crippen molar-refractivity contribution < 1.29 is 9.90 Å². The van der Waals surface area contributed by atoms with Gasteiger partial charge in [-0.25, -0.2) is 0 Å². The molecule has 2 rings (SSSR count). The van der Waals surface area contributed by atoms with Crippen LogP contribution in [0.25, 0.3) is 0 Å². The van der Waals surface area contributed by atoms with E-state index in [9.17, 15) is 9.90 Å². The highest BCUT2D eigenvalue weighted by Crippen LogP contribution is 2.41. The van der Waals surface area contributed by atoms with E-state index in [-0.39, 0.29) is 11.9 Å². The number of anilines is 1. The Labute approximate surface area is 136 Å². The van der Waals surface area contributed by atoms with Crippen LogP contribution in [0, 0.1) is 22.7 Å². The largest absolute Gasteiger partial charge is 0.390 e. The van der Waals surface area contributed by atoms with Crippen LogP contribution < -0.4 is 4.90 Å². The summed E-state index contributed by atoms with van der Waals surface area (Å²) < 4.78 is 0. The van der Waals surface area contributed by atoms with Gasteiger partial charge in [-0.15, -0.1) is 0 Å². The van der Waals surface area contributed by atoms with Gasteiger partial charge in [-0.3, -0.25) is 4.79 Å². The lowest BCUT2D eigenvalue weighted by Gasteiger charge is -2.28. The van der Waals surface area contributed by atoms with Crippen LogP contribution in [0.4, 0.5) is 5.69 Å². The highest BCUT2D eigenvalue weighted by atomic mass is 35.5. The van der Waals surface area contributed by atoms with Gasteiger partial charge in [0.2, 0.25) is 5.91 Å². The first-order valence-corrected chi connectivity index (χ1v) is 7.79. The van der Waals surface area contributed by atoms with Crippen molar-refractivity contribution in [3.8, 4) is 6.07 Å². The number of nitrogens with zero attached hydrogens (tertiary/aromatic N) is 2. The second-order valence-corrected chi connectivity index (χ2v) is 7.22. The topological polar surface area (TPSA) is 64.3 Å². The quantitative estimate of drug-likeness (QED) is 0.928. The van der Waals surface area contributed by atoms with Crippen LogP contribution in [0.15, 0.2) is 18.2 Å². The average Bonchev–Trinajstić information content (AvgIpc) is 2.60. The van der Waals surface area contributed by atoms with Gasteiger partial charge in [0, 0.05) is 5.69 Å². The molecule has 2 atom stereocenters. The molecular weight excluding hydrogens is 300 g/mol. The van der Waals surface area contributed by atoms with Crippen molar-refractivity contribution in [1.29, 1.82) is 5.26 Å². The number of nitriles is 1. The molecule has 1 amide bonds. The van der Waals surface area contributed by atoms with Crippen LogP contribution in [-0.4, -0.2) is 23.2 Å². The Morgan fingerprint density at radius 1 is 1.45 bits per heavy atom. The number of aliphatic hydroxyl groups excluding tert-OH is 1. The predicted octanol–water partition coefficient (Wildman–Crippen LogP) is 3.36. The summed E-state index contributed by atoms with van der Waals surface area (Å²) in [6.07, 6.45) is -0.0367. The van der Waals surface area contributed by atoms with Gasteiger partial charge in [-0.2, -0.15) is 5.26 Å². The van der Waals surface area contributed by atoms with E-state index < -0.39 is 11.5 Å². The third-order valence-corrected chi connectivity index (χ3v) is 4.58. The fraction of sp³-hybridized carbons (Fsp3) is 0.529. The molecule has 0 spiro atoms. The molecule has 0 saturated carbocycles. The van der Waals surface area contributed by atoms with Crippen molar-refractivity contribution in [2.24, 2.45) is 11.3 Å². The molecule has 1 fully saturated rings. The Kier molecular flexibility index (Phi) is 4.51. The van der Waals surface area contributed by atoms with Crippen molar-refractivity contribution in [3.63, 3.8) is 0 Å². The number of halogens is 1. The minimum Gasteiger partial charge on any atom is -0.390 e. The monoisotopic (exact) mass is 320 g/mol. The van der Waals surface area contributed by atoms with Crippen molar-refractivity contribution in [2.45, 2.75) is 46.3 Å². The van der Waals surface area contributed by atoms with Crippen LogP contribution in [-0.2, 0) is 4.79 Å². The maximum atomic E-state index is 12.8. The summed E-state index contributed by atoms with van der Waals surface area (Å²) in [6.45, 7) is 7.65. The Hall–Kier alpha value is -1.57. The third-order valence-electron chi connectivity index (χ3n) is 4.27. The fourth-order valence-corrected chi connectivity index (χ4v) is 3.20. The van der Waals surface area contributed by atoms with Crippen molar-refractivity contribution in [1.82, 2.24) is 0 Å². The molecule has 1 N–H and O–H groups in total. The molecule has 1 aliphatic heterocycles. The standard InChI is InChI=1S/C17H21ClN2O2/c1-10(2)7-14-15(21)17(3,4)16(22)20(14)12-6-5-11(9-19)13(18)8-12/h5-6,8,10,14-15,21H,7H2,1-4H3/t14-,15+/m1/s1. The summed E-state index contributed by atoms with van der Waals surface area (Å²) in [4.78, 5) is 14.4. The van der Waals surface area contributed by atoms with E-state index in [1.54, 1.807) is 36.9 Å². The van der Waals surface area contributed by atoms with Gasteiger partial charge >= 0.3 is 0 Å². The molecule has 1 aromatic rings. The second-order valence-electron chi connectivity index (χ2n) is 6.81. The van der Waals surface area contributed by atoms with E-state index in [1.807, 2.05) is 6.07 Å². The van der Waals surface area contributed by atoms with Crippen LogP contribution in [0.2, 0.25) is 5.02 Å². The summed E-state index contributed by atoms with van der Waals surface area (Å²) in [5, 5.41) is 19.9. The van der Waals surface area contributed by atoms with E-state index in [1.165, 1.54) is 0 Å². The Morgan fingerprint density at radius 2 is 2.09 bits per heavy atom. The average molecular weight is 321 g/mol.